The molecular weight excluding hydrogens is 612 g/mol. The van der Waals surface area contributed by atoms with Crippen LogP contribution in [0.1, 0.15) is 46.0 Å². The lowest BCUT2D eigenvalue weighted by Crippen LogP contribution is -2.38. The third kappa shape index (κ3) is 8.36. The zero-order valence-corrected chi connectivity index (χ0v) is 25.5. The highest BCUT2D eigenvalue weighted by Gasteiger charge is 2.43. The SMILES string of the molecule is CC1=NC(C)=C(C(=O)OCCNC(=O)c2ccccc2O)C(c2cccc([N+](=O)[O-])c2)C1C(=O)OCCNC(=O)c1ccc(O)cc1. The van der Waals surface area contributed by atoms with Crippen LogP contribution in [0.4, 0.5) is 5.69 Å². The first-order valence-electron chi connectivity index (χ1n) is 14.5. The largest absolute Gasteiger partial charge is 0.508 e. The standard InChI is InChI=1S/C33H32N4O10/c1-19-27(32(42)46-16-14-34-30(40)21-10-12-24(38)13-11-21)29(22-6-5-7-23(18-22)37(44)45)28(20(2)36-19)33(43)47-17-15-35-31(41)25-8-3-4-9-26(25)39/h3-13,18,27,29,38-39H,14-17H2,1-2H3,(H,34,40)(H,35,41). The Morgan fingerprint density at radius 2 is 1.53 bits per heavy atom. The van der Waals surface area contributed by atoms with Gasteiger partial charge in [-0.2, -0.15) is 0 Å². The molecule has 14 nitrogen and oxygen atoms in total. The Labute approximate surface area is 268 Å². The second-order valence-electron chi connectivity index (χ2n) is 10.4. The lowest BCUT2D eigenvalue weighted by Gasteiger charge is -2.31. The Morgan fingerprint density at radius 3 is 2.21 bits per heavy atom. The molecule has 2 atom stereocenters. The number of carbonyl (C=O) groups excluding carboxylic acids is 4. The van der Waals surface area contributed by atoms with Gasteiger partial charge in [-0.1, -0.05) is 24.3 Å². The molecule has 1 heterocycles. The minimum absolute atomic E-state index is 0.00168. The topological polar surface area (TPSA) is 207 Å². The number of ether oxygens (including phenoxy) is 2. The van der Waals surface area contributed by atoms with E-state index in [1.165, 1.54) is 54.6 Å². The molecule has 0 bridgehead atoms. The van der Waals surface area contributed by atoms with Gasteiger partial charge in [0, 0.05) is 35.0 Å². The third-order valence-electron chi connectivity index (χ3n) is 7.27. The molecule has 244 valence electrons. The van der Waals surface area contributed by atoms with E-state index in [0.29, 0.717) is 5.71 Å². The van der Waals surface area contributed by atoms with Crippen LogP contribution in [0.25, 0.3) is 0 Å². The van der Waals surface area contributed by atoms with E-state index >= 15 is 0 Å². The van der Waals surface area contributed by atoms with Crippen molar-refractivity contribution in [3.63, 3.8) is 0 Å². The number of aliphatic imine (C=N–C) groups is 1. The molecule has 1 aliphatic rings. The number of para-hydroxylation sites is 1. The molecule has 0 fully saturated rings. The fourth-order valence-corrected chi connectivity index (χ4v) is 5.07. The average Bonchev–Trinajstić information content (AvgIpc) is 3.04. The van der Waals surface area contributed by atoms with Crippen LogP contribution in [0, 0.1) is 16.0 Å². The van der Waals surface area contributed by atoms with Crippen molar-refractivity contribution in [2.24, 2.45) is 10.9 Å². The number of amides is 2. The summed E-state index contributed by atoms with van der Waals surface area (Å²) in [6.45, 7) is 2.47. The van der Waals surface area contributed by atoms with Gasteiger partial charge in [0.25, 0.3) is 17.5 Å². The molecule has 4 rings (SSSR count). The molecule has 47 heavy (non-hydrogen) atoms. The number of hydrogen-bond donors (Lipinski definition) is 4. The zero-order chi connectivity index (χ0) is 34.1. The summed E-state index contributed by atoms with van der Waals surface area (Å²) >= 11 is 0. The second kappa shape index (κ2) is 15.3. The molecule has 0 saturated carbocycles. The first-order chi connectivity index (χ1) is 22.5. The molecule has 3 aromatic rings. The minimum atomic E-state index is -1.17. The third-order valence-corrected chi connectivity index (χ3v) is 7.27. The lowest BCUT2D eigenvalue weighted by molar-refractivity contribution is -0.384. The monoisotopic (exact) mass is 644 g/mol. The van der Waals surface area contributed by atoms with Crippen molar-refractivity contribution in [2.45, 2.75) is 19.8 Å². The number of benzene rings is 3. The van der Waals surface area contributed by atoms with Crippen LogP contribution < -0.4 is 10.6 Å². The van der Waals surface area contributed by atoms with Crippen LogP contribution >= 0.6 is 0 Å². The summed E-state index contributed by atoms with van der Waals surface area (Å²) in [5, 5.41) is 36.0. The summed E-state index contributed by atoms with van der Waals surface area (Å²) in [7, 11) is 0. The Bertz CT molecular complexity index is 1750. The van der Waals surface area contributed by atoms with E-state index in [-0.39, 0.29) is 71.5 Å². The number of allylic oxidation sites excluding steroid dienone is 1. The highest BCUT2D eigenvalue weighted by molar-refractivity contribution is 6.07. The number of esters is 2. The van der Waals surface area contributed by atoms with Crippen LogP contribution in [0.3, 0.4) is 0 Å². The number of hydrogen-bond acceptors (Lipinski definition) is 11. The smallest absolute Gasteiger partial charge is 0.336 e. The number of nitrogens with zero attached hydrogens (tertiary/aromatic N) is 2. The first-order valence-corrected chi connectivity index (χ1v) is 14.5. The fraction of sp³-hybridized carbons (Fsp3) is 0.242. The summed E-state index contributed by atoms with van der Waals surface area (Å²) in [5.41, 5.74) is 0.846. The van der Waals surface area contributed by atoms with E-state index in [2.05, 4.69) is 15.6 Å². The number of nitro benzene ring substituents is 1. The highest BCUT2D eigenvalue weighted by Crippen LogP contribution is 2.41. The summed E-state index contributed by atoms with van der Waals surface area (Å²) in [5.74, 6) is -5.13. The van der Waals surface area contributed by atoms with E-state index in [0.717, 1.165) is 0 Å². The van der Waals surface area contributed by atoms with Gasteiger partial charge in [-0.05, 0) is 55.8 Å². The molecule has 0 radical (unpaired) electrons. The van der Waals surface area contributed by atoms with Gasteiger partial charge in [0.05, 0.1) is 29.1 Å². The van der Waals surface area contributed by atoms with Crippen molar-refractivity contribution in [2.75, 3.05) is 26.3 Å². The van der Waals surface area contributed by atoms with Gasteiger partial charge in [-0.3, -0.25) is 29.5 Å². The van der Waals surface area contributed by atoms with Gasteiger partial charge in [0.1, 0.15) is 30.6 Å². The second-order valence-corrected chi connectivity index (χ2v) is 10.4. The first kappa shape index (κ1) is 33.8. The summed E-state index contributed by atoms with van der Waals surface area (Å²) < 4.78 is 10.9. The molecule has 14 heteroatoms. The maximum atomic E-state index is 13.5. The van der Waals surface area contributed by atoms with Gasteiger partial charge in [-0.25, -0.2) is 4.79 Å². The zero-order valence-electron chi connectivity index (χ0n) is 25.5. The molecule has 0 saturated heterocycles. The molecule has 0 spiro atoms. The molecule has 0 aromatic heterocycles. The predicted octanol–water partition coefficient (Wildman–Crippen LogP) is 3.40. The van der Waals surface area contributed by atoms with Gasteiger partial charge < -0.3 is 30.3 Å². The van der Waals surface area contributed by atoms with Gasteiger partial charge >= 0.3 is 11.9 Å². The van der Waals surface area contributed by atoms with Crippen molar-refractivity contribution in [3.8, 4) is 11.5 Å². The molecule has 3 aromatic carbocycles. The van der Waals surface area contributed by atoms with Crippen molar-refractivity contribution in [1.82, 2.24) is 10.6 Å². The predicted molar refractivity (Wildman–Crippen MR) is 168 cm³/mol. The summed E-state index contributed by atoms with van der Waals surface area (Å²) in [4.78, 5) is 67.2. The summed E-state index contributed by atoms with van der Waals surface area (Å²) in [6, 6.07) is 17.0. The highest BCUT2D eigenvalue weighted by atomic mass is 16.6. The van der Waals surface area contributed by atoms with Gasteiger partial charge in [0.15, 0.2) is 0 Å². The molecule has 2 amide bonds. The Balaban J connectivity index is 1.49. The number of nitro groups is 1. The number of non-ortho nitro benzene ring substituents is 1. The van der Waals surface area contributed by atoms with Gasteiger partial charge in [-0.15, -0.1) is 0 Å². The fourth-order valence-electron chi connectivity index (χ4n) is 5.07. The summed E-state index contributed by atoms with van der Waals surface area (Å²) in [6.07, 6.45) is 0. The number of rotatable bonds is 12. The van der Waals surface area contributed by atoms with Gasteiger partial charge in [0.2, 0.25) is 0 Å². The van der Waals surface area contributed by atoms with E-state index in [9.17, 15) is 39.5 Å². The van der Waals surface area contributed by atoms with Crippen molar-refractivity contribution >= 4 is 35.2 Å². The quantitative estimate of drug-likeness (QED) is 0.0978. The van der Waals surface area contributed by atoms with Crippen LogP contribution in [0.5, 0.6) is 11.5 Å². The number of nitrogens with one attached hydrogen (secondary N) is 2. The van der Waals surface area contributed by atoms with E-state index in [1.54, 1.807) is 32.0 Å². The molecule has 4 N–H and O–H groups in total. The minimum Gasteiger partial charge on any atom is -0.508 e. The van der Waals surface area contributed by atoms with Crippen molar-refractivity contribution in [3.05, 3.63) is 111 Å². The van der Waals surface area contributed by atoms with Crippen LogP contribution in [0.15, 0.2) is 89.1 Å². The molecule has 1 aliphatic heterocycles. The van der Waals surface area contributed by atoms with Crippen LogP contribution in [0.2, 0.25) is 0 Å². The normalized spacial score (nSPS) is 15.7. The Hall–Kier alpha value is -6.05. The molecule has 0 aliphatic carbocycles. The van der Waals surface area contributed by atoms with Crippen LogP contribution in [-0.4, -0.2) is 70.9 Å². The number of carbonyl (C=O) groups is 4. The Kier molecular flexibility index (Phi) is 11.0. The Morgan fingerprint density at radius 1 is 0.872 bits per heavy atom. The maximum Gasteiger partial charge on any atom is 0.336 e. The number of aromatic hydroxyl groups is 2. The van der Waals surface area contributed by atoms with E-state index < -0.39 is 40.5 Å². The number of phenols is 2. The molecular formula is C33H32N4O10. The van der Waals surface area contributed by atoms with Crippen molar-refractivity contribution in [1.29, 1.82) is 0 Å². The lowest BCUT2D eigenvalue weighted by atomic mass is 9.75. The molecule has 2 unspecified atom stereocenters. The average molecular weight is 645 g/mol. The number of phenolic OH excluding ortho intramolecular Hbond substituents is 2. The van der Waals surface area contributed by atoms with Crippen molar-refractivity contribution < 1.29 is 43.8 Å². The maximum absolute atomic E-state index is 13.5. The van der Waals surface area contributed by atoms with E-state index in [4.69, 9.17) is 9.47 Å². The van der Waals surface area contributed by atoms with E-state index in [1.807, 2.05) is 0 Å². The van der Waals surface area contributed by atoms with Crippen LogP contribution in [-0.2, 0) is 19.1 Å².